The summed E-state index contributed by atoms with van der Waals surface area (Å²) in [6.07, 6.45) is 0. The number of amides is 2. The van der Waals surface area contributed by atoms with Gasteiger partial charge >= 0.3 is 0 Å². The lowest BCUT2D eigenvalue weighted by Crippen LogP contribution is -2.29. The SMILES string of the molecule is CC(C)CNC(=O)c1ccccc1NC(=O)COc1ccccc1C#N. The molecule has 2 aromatic rings. The van der Waals surface area contributed by atoms with E-state index in [2.05, 4.69) is 10.6 Å². The summed E-state index contributed by atoms with van der Waals surface area (Å²) in [5, 5.41) is 14.5. The fourth-order valence-electron chi connectivity index (χ4n) is 2.20. The monoisotopic (exact) mass is 351 g/mol. The molecule has 2 aromatic carbocycles. The molecule has 6 heteroatoms. The van der Waals surface area contributed by atoms with E-state index in [4.69, 9.17) is 10.00 Å². The van der Waals surface area contributed by atoms with Crippen LogP contribution < -0.4 is 15.4 Å². The molecule has 0 aliphatic rings. The highest BCUT2D eigenvalue weighted by Crippen LogP contribution is 2.18. The number of para-hydroxylation sites is 2. The van der Waals surface area contributed by atoms with Crippen molar-refractivity contribution in [2.24, 2.45) is 5.92 Å². The molecule has 26 heavy (non-hydrogen) atoms. The Hall–Kier alpha value is -3.33. The fraction of sp³-hybridized carbons (Fsp3) is 0.250. The third-order valence-electron chi connectivity index (χ3n) is 3.48. The molecule has 0 aliphatic carbocycles. The highest BCUT2D eigenvalue weighted by molar-refractivity contribution is 6.04. The van der Waals surface area contributed by atoms with Crippen molar-refractivity contribution in [1.29, 1.82) is 5.26 Å². The summed E-state index contributed by atoms with van der Waals surface area (Å²) in [4.78, 5) is 24.5. The van der Waals surface area contributed by atoms with Crippen molar-refractivity contribution >= 4 is 17.5 Å². The van der Waals surface area contributed by atoms with Crippen LogP contribution in [-0.2, 0) is 4.79 Å². The molecule has 6 nitrogen and oxygen atoms in total. The summed E-state index contributed by atoms with van der Waals surface area (Å²) >= 11 is 0. The van der Waals surface area contributed by atoms with E-state index in [-0.39, 0.29) is 12.5 Å². The van der Waals surface area contributed by atoms with Crippen LogP contribution in [0.2, 0.25) is 0 Å². The summed E-state index contributed by atoms with van der Waals surface area (Å²) < 4.78 is 5.41. The number of rotatable bonds is 7. The van der Waals surface area contributed by atoms with E-state index in [1.165, 1.54) is 0 Å². The molecule has 2 rings (SSSR count). The minimum Gasteiger partial charge on any atom is -0.482 e. The van der Waals surface area contributed by atoms with E-state index in [9.17, 15) is 9.59 Å². The Morgan fingerprint density at radius 2 is 1.81 bits per heavy atom. The number of ether oxygens (including phenoxy) is 1. The molecule has 2 N–H and O–H groups in total. The van der Waals surface area contributed by atoms with E-state index in [0.717, 1.165) is 0 Å². The van der Waals surface area contributed by atoms with Gasteiger partial charge in [0.15, 0.2) is 6.61 Å². The topological polar surface area (TPSA) is 91.2 Å². The van der Waals surface area contributed by atoms with Crippen LogP contribution in [-0.4, -0.2) is 25.0 Å². The molecule has 0 aliphatic heterocycles. The fourth-order valence-corrected chi connectivity index (χ4v) is 2.20. The number of nitriles is 1. The van der Waals surface area contributed by atoms with E-state index >= 15 is 0 Å². The Morgan fingerprint density at radius 1 is 1.12 bits per heavy atom. The first kappa shape index (κ1) is 19.0. The number of hydrogen-bond donors (Lipinski definition) is 2. The maximum atomic E-state index is 12.3. The van der Waals surface area contributed by atoms with Gasteiger partial charge < -0.3 is 15.4 Å². The average molecular weight is 351 g/mol. The van der Waals surface area contributed by atoms with Gasteiger partial charge in [-0.2, -0.15) is 5.26 Å². The first-order chi connectivity index (χ1) is 12.5. The van der Waals surface area contributed by atoms with Crippen LogP contribution in [0.4, 0.5) is 5.69 Å². The van der Waals surface area contributed by atoms with Gasteiger partial charge in [0.25, 0.3) is 11.8 Å². The van der Waals surface area contributed by atoms with Crippen molar-refractivity contribution in [3.8, 4) is 11.8 Å². The lowest BCUT2D eigenvalue weighted by atomic mass is 10.1. The van der Waals surface area contributed by atoms with Gasteiger partial charge in [0.1, 0.15) is 11.8 Å². The first-order valence-corrected chi connectivity index (χ1v) is 8.30. The summed E-state index contributed by atoms with van der Waals surface area (Å²) in [6.45, 7) is 4.30. The molecule has 0 fully saturated rings. The molecule has 0 atom stereocenters. The van der Waals surface area contributed by atoms with Crippen LogP contribution in [0.3, 0.4) is 0 Å². The Bertz CT molecular complexity index is 825. The molecule has 0 saturated heterocycles. The van der Waals surface area contributed by atoms with Gasteiger partial charge in [-0.15, -0.1) is 0 Å². The van der Waals surface area contributed by atoms with Crippen molar-refractivity contribution in [2.45, 2.75) is 13.8 Å². The highest BCUT2D eigenvalue weighted by atomic mass is 16.5. The molecule has 0 spiro atoms. The second-order valence-corrected chi connectivity index (χ2v) is 6.09. The molecule has 0 heterocycles. The van der Waals surface area contributed by atoms with E-state index < -0.39 is 5.91 Å². The standard InChI is InChI=1S/C20H21N3O3/c1-14(2)12-22-20(25)16-8-4-5-9-17(16)23-19(24)13-26-18-10-6-3-7-15(18)11-21/h3-10,14H,12-13H2,1-2H3,(H,22,25)(H,23,24). The Labute approximate surface area is 152 Å². The Morgan fingerprint density at radius 3 is 2.54 bits per heavy atom. The number of hydrogen-bond acceptors (Lipinski definition) is 4. The van der Waals surface area contributed by atoms with Crippen LogP contribution in [0.5, 0.6) is 5.75 Å². The summed E-state index contributed by atoms with van der Waals surface area (Å²) in [7, 11) is 0. The van der Waals surface area contributed by atoms with Gasteiger partial charge in [0.05, 0.1) is 16.8 Å². The number of nitrogens with one attached hydrogen (secondary N) is 2. The summed E-state index contributed by atoms with van der Waals surface area (Å²) in [6, 6.07) is 15.5. The molecule has 2 amide bonds. The summed E-state index contributed by atoms with van der Waals surface area (Å²) in [5.41, 5.74) is 1.16. The van der Waals surface area contributed by atoms with Crippen molar-refractivity contribution in [3.63, 3.8) is 0 Å². The smallest absolute Gasteiger partial charge is 0.262 e. The third kappa shape index (κ3) is 5.35. The molecular formula is C20H21N3O3. The lowest BCUT2D eigenvalue weighted by Gasteiger charge is -2.13. The molecule has 0 aromatic heterocycles. The maximum absolute atomic E-state index is 12.3. The van der Waals surface area contributed by atoms with Crippen molar-refractivity contribution in [2.75, 3.05) is 18.5 Å². The van der Waals surface area contributed by atoms with Crippen LogP contribution in [0.25, 0.3) is 0 Å². The lowest BCUT2D eigenvalue weighted by molar-refractivity contribution is -0.118. The zero-order chi connectivity index (χ0) is 18.9. The van der Waals surface area contributed by atoms with E-state index in [1.807, 2.05) is 19.9 Å². The van der Waals surface area contributed by atoms with Crippen molar-refractivity contribution in [3.05, 3.63) is 59.7 Å². The summed E-state index contributed by atoms with van der Waals surface area (Å²) in [5.74, 6) is 0.00890. The zero-order valence-electron chi connectivity index (χ0n) is 14.8. The van der Waals surface area contributed by atoms with Crippen LogP contribution in [0.15, 0.2) is 48.5 Å². The molecule has 0 bridgehead atoms. The minimum absolute atomic E-state index is 0.245. The molecule has 0 radical (unpaired) electrons. The van der Waals surface area contributed by atoms with Crippen LogP contribution in [0.1, 0.15) is 29.8 Å². The Kier molecular flexibility index (Phi) is 6.75. The predicted octanol–water partition coefficient (Wildman–Crippen LogP) is 2.96. The quantitative estimate of drug-likeness (QED) is 0.802. The van der Waals surface area contributed by atoms with E-state index in [0.29, 0.717) is 35.0 Å². The second-order valence-electron chi connectivity index (χ2n) is 6.09. The molecule has 0 saturated carbocycles. The van der Waals surface area contributed by atoms with Crippen molar-refractivity contribution < 1.29 is 14.3 Å². The van der Waals surface area contributed by atoms with Gasteiger partial charge in [-0.25, -0.2) is 0 Å². The molecule has 0 unspecified atom stereocenters. The number of benzene rings is 2. The highest BCUT2D eigenvalue weighted by Gasteiger charge is 2.14. The minimum atomic E-state index is -0.415. The maximum Gasteiger partial charge on any atom is 0.262 e. The van der Waals surface area contributed by atoms with Gasteiger partial charge in [-0.3, -0.25) is 9.59 Å². The van der Waals surface area contributed by atoms with Gasteiger partial charge in [0.2, 0.25) is 0 Å². The van der Waals surface area contributed by atoms with Gasteiger partial charge in [0, 0.05) is 6.54 Å². The van der Waals surface area contributed by atoms with Gasteiger partial charge in [-0.1, -0.05) is 38.1 Å². The number of anilines is 1. The number of carbonyl (C=O) groups is 2. The largest absolute Gasteiger partial charge is 0.482 e. The average Bonchev–Trinajstić information content (AvgIpc) is 2.65. The van der Waals surface area contributed by atoms with Crippen LogP contribution >= 0.6 is 0 Å². The zero-order valence-corrected chi connectivity index (χ0v) is 14.8. The Balaban J connectivity index is 2.01. The van der Waals surface area contributed by atoms with E-state index in [1.54, 1.807) is 48.5 Å². The second kappa shape index (κ2) is 9.23. The predicted molar refractivity (Wildman–Crippen MR) is 98.9 cm³/mol. The first-order valence-electron chi connectivity index (χ1n) is 8.30. The number of carbonyl (C=O) groups excluding carboxylic acids is 2. The van der Waals surface area contributed by atoms with Crippen LogP contribution in [0, 0.1) is 17.2 Å². The number of nitrogens with zero attached hydrogens (tertiary/aromatic N) is 1. The third-order valence-corrected chi connectivity index (χ3v) is 3.48. The van der Waals surface area contributed by atoms with Crippen molar-refractivity contribution in [1.82, 2.24) is 5.32 Å². The normalized spacial score (nSPS) is 10.1. The molecular weight excluding hydrogens is 330 g/mol. The molecule has 134 valence electrons. The van der Waals surface area contributed by atoms with Gasteiger partial charge in [-0.05, 0) is 30.2 Å².